The van der Waals surface area contributed by atoms with Crippen LogP contribution in [0.5, 0.6) is 17.2 Å². The molecule has 0 atom stereocenters. The van der Waals surface area contributed by atoms with Crippen LogP contribution < -0.4 is 9.47 Å². The molecule has 94 valence electrons. The van der Waals surface area contributed by atoms with Gasteiger partial charge in [0.25, 0.3) is 0 Å². The molecule has 1 saturated carbocycles. The Morgan fingerprint density at radius 3 is 2.78 bits per heavy atom. The second-order valence-corrected chi connectivity index (χ2v) is 4.72. The van der Waals surface area contributed by atoms with Crippen LogP contribution in [0.25, 0.3) is 0 Å². The summed E-state index contributed by atoms with van der Waals surface area (Å²) in [6.07, 6.45) is 2.92. The number of fused-ring (bicyclic) bond motifs is 1. The predicted octanol–water partition coefficient (Wildman–Crippen LogP) is 2.14. The van der Waals surface area contributed by atoms with Crippen molar-refractivity contribution in [3.63, 3.8) is 0 Å². The zero-order valence-electron chi connectivity index (χ0n) is 9.40. The van der Waals surface area contributed by atoms with Crippen molar-refractivity contribution in [3.8, 4) is 17.2 Å². The topological polar surface area (TPSA) is 68.1 Å². The third-order valence-corrected chi connectivity index (χ3v) is 3.58. The number of phenolic OH excluding ortho intramolecular Hbond substituents is 1. The summed E-state index contributed by atoms with van der Waals surface area (Å²) in [6.45, 7) is 0.819. The minimum Gasteiger partial charge on any atom is -0.506 e. The van der Waals surface area contributed by atoms with Crippen LogP contribution in [0.1, 0.15) is 18.4 Å². The van der Waals surface area contributed by atoms with Gasteiger partial charge in [0, 0.05) is 11.6 Å². The van der Waals surface area contributed by atoms with E-state index in [-0.39, 0.29) is 10.8 Å². The number of halogens is 1. The zero-order valence-corrected chi connectivity index (χ0v) is 10.2. The molecule has 5 nitrogen and oxygen atoms in total. The standard InChI is InChI=1S/C12H10ClNO4/c13-10-7(16)5-8-11(18-4-3-17-8)9(10)12(1-2-12)14-6-15/h5,16H,1-4H2. The highest BCUT2D eigenvalue weighted by Crippen LogP contribution is 2.58. The van der Waals surface area contributed by atoms with Crippen LogP contribution in [0.3, 0.4) is 0 Å². The van der Waals surface area contributed by atoms with Gasteiger partial charge in [-0.05, 0) is 12.8 Å². The Morgan fingerprint density at radius 1 is 1.39 bits per heavy atom. The number of nitrogens with zero attached hydrogens (tertiary/aromatic N) is 1. The molecule has 1 aliphatic carbocycles. The van der Waals surface area contributed by atoms with Crippen molar-refractivity contribution >= 4 is 17.7 Å². The van der Waals surface area contributed by atoms with E-state index in [9.17, 15) is 9.90 Å². The lowest BCUT2D eigenvalue weighted by Crippen LogP contribution is -2.19. The smallest absolute Gasteiger partial charge is 0.235 e. The van der Waals surface area contributed by atoms with Gasteiger partial charge in [-0.2, -0.15) is 4.99 Å². The summed E-state index contributed by atoms with van der Waals surface area (Å²) in [6, 6.07) is 1.42. The highest BCUT2D eigenvalue weighted by Gasteiger charge is 2.50. The molecular weight excluding hydrogens is 258 g/mol. The molecule has 1 aliphatic heterocycles. The van der Waals surface area contributed by atoms with E-state index in [0.717, 1.165) is 0 Å². The molecule has 0 radical (unpaired) electrons. The Labute approximate surface area is 108 Å². The van der Waals surface area contributed by atoms with Crippen LogP contribution in [0.4, 0.5) is 0 Å². The molecule has 0 bridgehead atoms. The molecule has 1 aromatic carbocycles. The van der Waals surface area contributed by atoms with E-state index in [2.05, 4.69) is 4.99 Å². The number of isocyanates is 1. The van der Waals surface area contributed by atoms with E-state index in [1.165, 1.54) is 6.07 Å². The molecule has 2 aliphatic rings. The molecule has 0 spiro atoms. The molecule has 6 heteroatoms. The van der Waals surface area contributed by atoms with Gasteiger partial charge < -0.3 is 14.6 Å². The van der Waals surface area contributed by atoms with Crippen LogP contribution in [0.15, 0.2) is 11.1 Å². The van der Waals surface area contributed by atoms with E-state index < -0.39 is 5.54 Å². The summed E-state index contributed by atoms with van der Waals surface area (Å²) in [7, 11) is 0. The van der Waals surface area contributed by atoms with Gasteiger partial charge >= 0.3 is 0 Å². The fourth-order valence-electron chi connectivity index (χ4n) is 2.19. The van der Waals surface area contributed by atoms with E-state index in [1.54, 1.807) is 6.08 Å². The first kappa shape index (κ1) is 11.4. The fraction of sp³-hybridized carbons (Fsp3) is 0.417. The van der Waals surface area contributed by atoms with Gasteiger partial charge in [0.05, 0.1) is 5.02 Å². The summed E-state index contributed by atoms with van der Waals surface area (Å²) in [5, 5.41) is 9.97. The van der Waals surface area contributed by atoms with E-state index in [0.29, 0.717) is 43.1 Å². The van der Waals surface area contributed by atoms with Crippen LogP contribution in [0, 0.1) is 0 Å². The molecule has 1 N–H and O–H groups in total. The minimum atomic E-state index is -0.706. The number of benzene rings is 1. The van der Waals surface area contributed by atoms with E-state index in [4.69, 9.17) is 21.1 Å². The Kier molecular flexibility index (Phi) is 2.47. The minimum absolute atomic E-state index is 0.0942. The average molecular weight is 268 g/mol. The van der Waals surface area contributed by atoms with Crippen molar-refractivity contribution in [2.45, 2.75) is 18.4 Å². The highest BCUT2D eigenvalue weighted by atomic mass is 35.5. The number of carbonyl (C=O) groups excluding carboxylic acids is 1. The molecule has 1 aromatic rings. The van der Waals surface area contributed by atoms with Crippen LogP contribution >= 0.6 is 11.6 Å². The lowest BCUT2D eigenvalue weighted by atomic mass is 10.0. The first-order chi connectivity index (χ1) is 8.68. The molecule has 0 amide bonds. The summed E-state index contributed by atoms with van der Waals surface area (Å²) >= 11 is 6.12. The van der Waals surface area contributed by atoms with Crippen molar-refractivity contribution in [2.75, 3.05) is 13.2 Å². The average Bonchev–Trinajstić information content (AvgIpc) is 3.12. The van der Waals surface area contributed by atoms with E-state index in [1.807, 2.05) is 0 Å². The molecule has 1 fully saturated rings. The van der Waals surface area contributed by atoms with Crippen LogP contribution in [0.2, 0.25) is 5.02 Å². The van der Waals surface area contributed by atoms with Gasteiger partial charge in [-0.1, -0.05) is 11.6 Å². The third kappa shape index (κ3) is 1.55. The molecule has 18 heavy (non-hydrogen) atoms. The zero-order chi connectivity index (χ0) is 12.8. The van der Waals surface area contributed by atoms with E-state index >= 15 is 0 Å². The fourth-order valence-corrected chi connectivity index (χ4v) is 2.51. The van der Waals surface area contributed by atoms with Gasteiger partial charge in [0.15, 0.2) is 11.5 Å². The summed E-state index contributed by atoms with van der Waals surface area (Å²) in [5.41, 5.74) is -0.176. The number of aliphatic imine (C=N–C) groups is 1. The number of rotatable bonds is 2. The van der Waals surface area contributed by atoms with Gasteiger partial charge in [-0.3, -0.25) is 0 Å². The predicted molar refractivity (Wildman–Crippen MR) is 63.1 cm³/mol. The second kappa shape index (κ2) is 3.90. The largest absolute Gasteiger partial charge is 0.506 e. The van der Waals surface area contributed by atoms with Crippen molar-refractivity contribution in [2.24, 2.45) is 4.99 Å². The van der Waals surface area contributed by atoms with Gasteiger partial charge in [0.1, 0.15) is 24.5 Å². The number of hydrogen-bond donors (Lipinski definition) is 1. The first-order valence-corrected chi connectivity index (χ1v) is 5.96. The number of phenols is 1. The Hall–Kier alpha value is -1.71. The molecule has 1 heterocycles. The molecular formula is C12H10ClNO4. The monoisotopic (exact) mass is 267 g/mol. The maximum atomic E-state index is 10.5. The maximum absolute atomic E-state index is 10.5. The summed E-state index contributed by atoms with van der Waals surface area (Å²) in [5.74, 6) is 0.814. The number of aromatic hydroxyl groups is 1. The van der Waals surface area contributed by atoms with Gasteiger partial charge in [-0.25, -0.2) is 4.79 Å². The van der Waals surface area contributed by atoms with Crippen molar-refractivity contribution < 1.29 is 19.4 Å². The van der Waals surface area contributed by atoms with Gasteiger partial charge in [-0.15, -0.1) is 0 Å². The number of hydrogen-bond acceptors (Lipinski definition) is 5. The summed E-state index contributed by atoms with van der Waals surface area (Å²) in [4.78, 5) is 14.3. The Bertz CT molecular complexity index is 562. The quantitative estimate of drug-likeness (QED) is 0.658. The SMILES string of the molecule is O=C=NC1(c2c(Cl)c(O)cc3c2OCCO3)CC1. The highest BCUT2D eigenvalue weighted by molar-refractivity contribution is 6.33. The Balaban J connectivity index is 2.24. The van der Waals surface area contributed by atoms with Crippen molar-refractivity contribution in [1.29, 1.82) is 0 Å². The first-order valence-electron chi connectivity index (χ1n) is 5.58. The van der Waals surface area contributed by atoms with Gasteiger partial charge in [0.2, 0.25) is 6.08 Å². The summed E-state index contributed by atoms with van der Waals surface area (Å²) < 4.78 is 11.0. The molecule has 3 rings (SSSR count). The molecule has 0 aromatic heterocycles. The van der Waals surface area contributed by atoms with Crippen LogP contribution in [-0.4, -0.2) is 24.4 Å². The lowest BCUT2D eigenvalue weighted by Gasteiger charge is -2.24. The van der Waals surface area contributed by atoms with Crippen LogP contribution in [-0.2, 0) is 10.3 Å². The lowest BCUT2D eigenvalue weighted by molar-refractivity contribution is 0.168. The molecule has 0 unspecified atom stereocenters. The third-order valence-electron chi connectivity index (χ3n) is 3.20. The second-order valence-electron chi connectivity index (χ2n) is 4.34. The van der Waals surface area contributed by atoms with Crippen molar-refractivity contribution in [1.82, 2.24) is 0 Å². The Morgan fingerprint density at radius 2 is 2.11 bits per heavy atom. The maximum Gasteiger partial charge on any atom is 0.235 e. The normalized spacial score (nSPS) is 18.9. The molecule has 0 saturated heterocycles. The van der Waals surface area contributed by atoms with Crippen molar-refractivity contribution in [3.05, 3.63) is 16.7 Å². The number of ether oxygens (including phenoxy) is 2.